The Morgan fingerprint density at radius 3 is 1.10 bits per heavy atom. The number of aryl methyl sites for hydroxylation is 2. The molecule has 0 amide bonds. The highest BCUT2D eigenvalue weighted by Crippen LogP contribution is 2.43. The lowest BCUT2D eigenvalue weighted by Crippen LogP contribution is -2.21. The Morgan fingerprint density at radius 1 is 0.289 bits per heavy atom. The van der Waals surface area contributed by atoms with Crippen LogP contribution in [0.25, 0.3) is 21.5 Å². The molecular weight excluding hydrogens is 1470 g/mol. The van der Waals surface area contributed by atoms with Crippen molar-refractivity contribution < 1.29 is 13.9 Å². The quantitative estimate of drug-likeness (QED) is 0.140. The Labute approximate surface area is 695 Å². The van der Waals surface area contributed by atoms with Gasteiger partial charge in [0.15, 0.2) is 11.5 Å². The molecule has 0 bridgehead atoms. The number of nitriles is 8. The van der Waals surface area contributed by atoms with Crippen molar-refractivity contribution >= 4 is 56.3 Å². The standard InChI is InChI=1S/C16H17N.C15H15N.C13H15NO2.C12H14ClN.2C11H12ClN.C11H12FN.C11H13N/c1-11-5-7-13-12(10-17)6-8-15(14(13)9-11)16(2,3)4;1-15(2,3)14-9-8-11(10-16)12-6-4-5-7-13(12)14;1-13(2,3)10-5-4-9(8-14)11-12(10)16-7-6-15-11;1-8-5-9(7-14)6-10(13)11(8)12(2,3)4;1-11(2,3)9-5-4-8(7-13)10(12)6-9;2*1-11(2,3)9-5-4-8(7-13)6-10(9)12;1-11(2,3)10-6-4-9(8-12)5-7-10/h5-9H,1-4H3;4-9H,1-3H3;4-5H,6-7H2,1-3H3;5-6H,1-4H3;3*4-6H,1-3H3;4-7H,1-3H3. The van der Waals surface area contributed by atoms with Gasteiger partial charge in [-0.25, -0.2) is 4.39 Å². The molecule has 0 fully saturated rings. The molecule has 0 N–H and O–H groups in total. The minimum atomic E-state index is -0.299. The molecule has 1 heterocycles. The van der Waals surface area contributed by atoms with E-state index < -0.39 is 0 Å². The summed E-state index contributed by atoms with van der Waals surface area (Å²) >= 11 is 18.1. The Hall–Kier alpha value is -11.0. The molecule has 11 rings (SSSR count). The fourth-order valence-electron chi connectivity index (χ4n) is 12.3. The Balaban J connectivity index is 0.000000275. The monoisotopic (exact) mass is 1580 g/mol. The van der Waals surface area contributed by atoms with Gasteiger partial charge in [-0.05, 0) is 202 Å². The predicted molar refractivity (Wildman–Crippen MR) is 469 cm³/mol. The number of hydrogen-bond acceptors (Lipinski definition) is 10. The van der Waals surface area contributed by atoms with E-state index in [1.807, 2.05) is 125 Å². The number of halogens is 4. The number of rotatable bonds is 0. The van der Waals surface area contributed by atoms with Gasteiger partial charge in [0.2, 0.25) is 0 Å². The summed E-state index contributed by atoms with van der Waals surface area (Å²) in [6, 6.07) is 70.0. The summed E-state index contributed by atoms with van der Waals surface area (Å²) < 4.78 is 24.6. The van der Waals surface area contributed by atoms with Crippen LogP contribution >= 0.6 is 34.8 Å². The summed E-state index contributed by atoms with van der Waals surface area (Å²) in [5, 5.41) is 76.9. The van der Waals surface area contributed by atoms with E-state index in [1.54, 1.807) is 42.5 Å². The van der Waals surface area contributed by atoms with Crippen LogP contribution in [-0.2, 0) is 43.3 Å². The summed E-state index contributed by atoms with van der Waals surface area (Å²) in [6.07, 6.45) is 0. The van der Waals surface area contributed by atoms with Gasteiger partial charge in [0, 0.05) is 15.6 Å². The Bertz CT molecular complexity index is 5310. The minimum Gasteiger partial charge on any atom is -0.486 e. The third-order valence-corrected chi connectivity index (χ3v) is 19.3. The highest BCUT2D eigenvalue weighted by Gasteiger charge is 2.28. The predicted octanol–water partition coefficient (Wildman–Crippen LogP) is 27.6. The van der Waals surface area contributed by atoms with Crippen molar-refractivity contribution in [1.82, 2.24) is 0 Å². The second-order valence-electron chi connectivity index (χ2n) is 36.1. The van der Waals surface area contributed by atoms with Crippen LogP contribution in [0.15, 0.2) is 170 Å². The maximum atomic E-state index is 13.4. The summed E-state index contributed by atoms with van der Waals surface area (Å²) in [5.41, 5.74) is 16.5. The van der Waals surface area contributed by atoms with Crippen LogP contribution in [0.3, 0.4) is 0 Å². The first-order valence-electron chi connectivity index (χ1n) is 37.8. The van der Waals surface area contributed by atoms with Crippen LogP contribution in [0.5, 0.6) is 11.5 Å². The molecule has 10 aromatic carbocycles. The highest BCUT2D eigenvalue weighted by molar-refractivity contribution is 6.32. The van der Waals surface area contributed by atoms with Crippen molar-refractivity contribution in [1.29, 1.82) is 42.1 Å². The molecule has 0 aromatic heterocycles. The average molecular weight is 1580 g/mol. The first-order valence-corrected chi connectivity index (χ1v) is 38.9. The molecule has 1 aliphatic heterocycles. The van der Waals surface area contributed by atoms with Gasteiger partial charge in [-0.3, -0.25) is 0 Å². The summed E-state index contributed by atoms with van der Waals surface area (Å²) in [7, 11) is 0. The molecule has 0 aliphatic carbocycles. The summed E-state index contributed by atoms with van der Waals surface area (Å²) in [4.78, 5) is 0. The maximum Gasteiger partial charge on any atom is 0.179 e. The number of ether oxygens (including phenoxy) is 2. The van der Waals surface area contributed by atoms with E-state index in [9.17, 15) is 4.39 Å². The van der Waals surface area contributed by atoms with Crippen LogP contribution in [0.1, 0.15) is 266 Å². The molecule has 114 heavy (non-hydrogen) atoms. The third kappa shape index (κ3) is 27.4. The van der Waals surface area contributed by atoms with Crippen LogP contribution < -0.4 is 9.47 Å². The van der Waals surface area contributed by atoms with Gasteiger partial charge in [0.25, 0.3) is 0 Å². The van der Waals surface area contributed by atoms with Gasteiger partial charge >= 0.3 is 0 Å². The van der Waals surface area contributed by atoms with Crippen LogP contribution in [0.2, 0.25) is 15.1 Å². The smallest absolute Gasteiger partial charge is 0.179 e. The molecule has 0 spiro atoms. The van der Waals surface area contributed by atoms with Crippen molar-refractivity contribution in [3.05, 3.63) is 291 Å². The van der Waals surface area contributed by atoms with Crippen LogP contribution in [0, 0.1) is 110 Å². The van der Waals surface area contributed by atoms with E-state index in [1.165, 1.54) is 39.1 Å². The van der Waals surface area contributed by atoms with Crippen molar-refractivity contribution in [2.45, 2.75) is 223 Å². The third-order valence-electron chi connectivity index (χ3n) is 18.4. The summed E-state index contributed by atoms with van der Waals surface area (Å²) in [5.74, 6) is 1.03. The minimum absolute atomic E-state index is 0.0151. The molecule has 14 heteroatoms. The lowest BCUT2D eigenvalue weighted by molar-refractivity contribution is 0.167. The van der Waals surface area contributed by atoms with E-state index >= 15 is 0 Å². The van der Waals surface area contributed by atoms with Crippen LogP contribution in [-0.4, -0.2) is 13.2 Å². The van der Waals surface area contributed by atoms with Crippen molar-refractivity contribution in [3.8, 4) is 60.1 Å². The van der Waals surface area contributed by atoms with E-state index in [4.69, 9.17) is 86.4 Å². The zero-order valence-corrected chi connectivity index (χ0v) is 73.8. The van der Waals surface area contributed by atoms with Crippen molar-refractivity contribution in [2.75, 3.05) is 13.2 Å². The van der Waals surface area contributed by atoms with E-state index in [0.717, 1.165) is 61.0 Å². The lowest BCUT2D eigenvalue weighted by Gasteiger charge is -2.27. The number of fused-ring (bicyclic) bond motifs is 3. The highest BCUT2D eigenvalue weighted by atomic mass is 35.5. The molecule has 10 nitrogen and oxygen atoms in total. The molecule has 0 atom stereocenters. The molecule has 0 unspecified atom stereocenters. The lowest BCUT2D eigenvalue weighted by atomic mass is 9.82. The Morgan fingerprint density at radius 2 is 0.675 bits per heavy atom. The zero-order chi connectivity index (χ0) is 86.5. The molecule has 10 aromatic rings. The molecule has 0 saturated carbocycles. The Kier molecular flexibility index (Phi) is 33.6. The van der Waals surface area contributed by atoms with Gasteiger partial charge in [0.05, 0.1) is 85.9 Å². The fourth-order valence-corrected chi connectivity index (χ4v) is 13.6. The van der Waals surface area contributed by atoms with Crippen LogP contribution in [0.4, 0.5) is 4.39 Å². The molecule has 590 valence electrons. The molecular formula is C100H110Cl3FN8O2. The number of benzene rings is 10. The zero-order valence-electron chi connectivity index (χ0n) is 71.5. The van der Waals surface area contributed by atoms with Crippen molar-refractivity contribution in [3.63, 3.8) is 0 Å². The van der Waals surface area contributed by atoms with Gasteiger partial charge in [0.1, 0.15) is 31.2 Å². The van der Waals surface area contributed by atoms with Gasteiger partial charge < -0.3 is 9.47 Å². The van der Waals surface area contributed by atoms with Gasteiger partial charge in [-0.1, -0.05) is 298 Å². The number of hydrogen-bond donors (Lipinski definition) is 0. The van der Waals surface area contributed by atoms with Gasteiger partial charge in [-0.2, -0.15) is 42.1 Å². The molecule has 0 saturated heterocycles. The molecule has 0 radical (unpaired) electrons. The average Bonchev–Trinajstić information content (AvgIpc) is 0.783. The second kappa shape index (κ2) is 40.2. The van der Waals surface area contributed by atoms with Gasteiger partial charge in [-0.15, -0.1) is 0 Å². The second-order valence-corrected chi connectivity index (χ2v) is 37.4. The first-order chi connectivity index (χ1) is 52.7. The topological polar surface area (TPSA) is 209 Å². The van der Waals surface area contributed by atoms with E-state index in [2.05, 4.69) is 225 Å². The van der Waals surface area contributed by atoms with E-state index in [0.29, 0.717) is 67.4 Å². The number of nitrogens with zero attached hydrogens (tertiary/aromatic N) is 8. The summed E-state index contributed by atoms with van der Waals surface area (Å²) in [6.45, 7) is 56.0. The van der Waals surface area contributed by atoms with E-state index in [-0.39, 0.29) is 49.1 Å². The first kappa shape index (κ1) is 95.4. The largest absolute Gasteiger partial charge is 0.486 e. The normalized spacial score (nSPS) is 11.6. The maximum absolute atomic E-state index is 13.4. The molecule has 1 aliphatic rings. The fraction of sp³-hybridized carbons (Fsp3) is 0.360. The van der Waals surface area contributed by atoms with Crippen molar-refractivity contribution in [2.24, 2.45) is 0 Å². The SMILES string of the molecule is CC(C)(C)c1ccc(C#N)c(Cl)c1.CC(C)(C)c1ccc(C#N)c2c1OCCO2.CC(C)(C)c1ccc(C#N)c2ccccc12.CC(C)(C)c1ccc(C#N)cc1.CC(C)(C)c1ccc(C#N)cc1Cl.CC(C)(C)c1ccc(C#N)cc1F.Cc1cc(C#N)cc(Cl)c1C(C)(C)C.Cc1ccc2c(C#N)ccc(C(C)(C)C)c2c1.